The molecule has 1 saturated heterocycles. The maximum Gasteiger partial charge on any atom is 0.226 e. The van der Waals surface area contributed by atoms with E-state index >= 15 is 0 Å². The Morgan fingerprint density at radius 2 is 1.97 bits per heavy atom. The number of aromatic nitrogens is 1. The summed E-state index contributed by atoms with van der Waals surface area (Å²) in [7, 11) is 0. The van der Waals surface area contributed by atoms with Gasteiger partial charge >= 0.3 is 0 Å². The largest absolute Gasteiger partial charge is 0.353 e. The minimum Gasteiger partial charge on any atom is -0.353 e. The van der Waals surface area contributed by atoms with Gasteiger partial charge in [0, 0.05) is 23.7 Å². The van der Waals surface area contributed by atoms with Crippen molar-refractivity contribution in [1.29, 1.82) is 0 Å². The number of nitrogens with zero attached hydrogens (tertiary/aromatic N) is 2. The summed E-state index contributed by atoms with van der Waals surface area (Å²) in [6.45, 7) is 6.74. The van der Waals surface area contributed by atoms with Crippen LogP contribution in [0.15, 0.2) is 66.2 Å². The minimum atomic E-state index is -0.362. The Balaban J connectivity index is 1.51. The topological polar surface area (TPSA) is 45.2 Å². The molecule has 3 heterocycles. The van der Waals surface area contributed by atoms with E-state index in [1.165, 1.54) is 16.0 Å². The van der Waals surface area contributed by atoms with E-state index in [-0.39, 0.29) is 17.4 Å². The number of nitrogens with one attached hydrogen (secondary N) is 1. The van der Waals surface area contributed by atoms with Crippen LogP contribution in [-0.2, 0) is 17.8 Å². The first kappa shape index (κ1) is 21.7. The number of carbonyl (C=O) groups is 1. The van der Waals surface area contributed by atoms with Gasteiger partial charge in [-0.25, -0.2) is 0 Å². The molecule has 0 saturated carbocycles. The second-order valence-corrected chi connectivity index (χ2v) is 9.81. The third-order valence-corrected chi connectivity index (χ3v) is 7.02. The summed E-state index contributed by atoms with van der Waals surface area (Å²) in [5.74, 6) is 0.196. The van der Waals surface area contributed by atoms with Crippen molar-refractivity contribution in [2.24, 2.45) is 5.41 Å². The lowest BCUT2D eigenvalue weighted by Gasteiger charge is -2.41. The van der Waals surface area contributed by atoms with Gasteiger partial charge in [0.25, 0.3) is 0 Å². The quantitative estimate of drug-likeness (QED) is 0.560. The Morgan fingerprint density at radius 1 is 1.13 bits per heavy atom. The van der Waals surface area contributed by atoms with Gasteiger partial charge in [-0.1, -0.05) is 36.4 Å². The molecule has 4 nitrogen and oxygen atoms in total. The SMILES string of the molecule is CC(C)NC(=O)C1(Cc2cccc(-c3cccs3)c2)CCN(Cc2ccccn2)CC1. The van der Waals surface area contributed by atoms with E-state index < -0.39 is 0 Å². The lowest BCUT2D eigenvalue weighted by atomic mass is 9.72. The van der Waals surface area contributed by atoms with Crippen molar-refractivity contribution in [3.05, 3.63) is 77.4 Å². The number of amides is 1. The van der Waals surface area contributed by atoms with Gasteiger partial charge in [-0.15, -0.1) is 11.3 Å². The molecule has 5 heteroatoms. The van der Waals surface area contributed by atoms with E-state index in [1.807, 2.05) is 32.2 Å². The average molecular weight is 434 g/mol. The van der Waals surface area contributed by atoms with Crippen LogP contribution in [0.1, 0.15) is 37.9 Å². The molecule has 0 atom stereocenters. The number of hydrogen-bond donors (Lipinski definition) is 1. The molecule has 1 aliphatic rings. The van der Waals surface area contributed by atoms with Gasteiger partial charge in [0.15, 0.2) is 0 Å². The van der Waals surface area contributed by atoms with Crippen LogP contribution in [0.2, 0.25) is 0 Å². The number of rotatable bonds is 7. The average Bonchev–Trinajstić information content (AvgIpc) is 3.31. The molecule has 162 valence electrons. The second-order valence-electron chi connectivity index (χ2n) is 8.86. The summed E-state index contributed by atoms with van der Waals surface area (Å²) in [5, 5.41) is 5.32. The number of benzene rings is 1. The zero-order valence-electron chi connectivity index (χ0n) is 18.4. The molecular formula is C26H31N3OS. The Labute approximate surface area is 189 Å². The lowest BCUT2D eigenvalue weighted by molar-refractivity contribution is -0.134. The van der Waals surface area contributed by atoms with Gasteiger partial charge in [0.2, 0.25) is 5.91 Å². The Bertz CT molecular complexity index is 977. The molecule has 3 aromatic rings. The van der Waals surface area contributed by atoms with Gasteiger partial charge in [0.1, 0.15) is 0 Å². The first-order chi connectivity index (χ1) is 15.0. The fourth-order valence-electron chi connectivity index (χ4n) is 4.43. The molecule has 1 fully saturated rings. The zero-order chi connectivity index (χ0) is 21.7. The number of pyridine rings is 1. The van der Waals surface area contributed by atoms with Crippen molar-refractivity contribution in [3.8, 4) is 10.4 Å². The van der Waals surface area contributed by atoms with Gasteiger partial charge in [-0.2, -0.15) is 0 Å². The Morgan fingerprint density at radius 3 is 2.65 bits per heavy atom. The molecule has 0 radical (unpaired) electrons. The summed E-state index contributed by atoms with van der Waals surface area (Å²) >= 11 is 1.75. The smallest absolute Gasteiger partial charge is 0.226 e. The van der Waals surface area contributed by atoms with Gasteiger partial charge in [-0.05, 0) is 80.9 Å². The van der Waals surface area contributed by atoms with E-state index in [0.29, 0.717) is 0 Å². The minimum absolute atomic E-state index is 0.147. The van der Waals surface area contributed by atoms with Crippen LogP contribution in [0, 0.1) is 5.41 Å². The third kappa shape index (κ3) is 5.41. The van der Waals surface area contributed by atoms with Crippen LogP contribution in [0.3, 0.4) is 0 Å². The monoisotopic (exact) mass is 433 g/mol. The van der Waals surface area contributed by atoms with Crippen molar-refractivity contribution in [2.45, 2.75) is 45.7 Å². The first-order valence-electron chi connectivity index (χ1n) is 11.1. The summed E-state index contributed by atoms with van der Waals surface area (Å²) in [6.07, 6.45) is 4.35. The van der Waals surface area contributed by atoms with Crippen molar-refractivity contribution < 1.29 is 4.79 Å². The summed E-state index contributed by atoms with van der Waals surface area (Å²) < 4.78 is 0. The zero-order valence-corrected chi connectivity index (χ0v) is 19.2. The maximum absolute atomic E-state index is 13.4. The summed E-state index contributed by atoms with van der Waals surface area (Å²) in [6, 6.07) is 19.1. The highest BCUT2D eigenvalue weighted by Gasteiger charge is 2.41. The summed E-state index contributed by atoms with van der Waals surface area (Å²) in [4.78, 5) is 21.5. The van der Waals surface area contributed by atoms with Crippen LogP contribution >= 0.6 is 11.3 Å². The van der Waals surface area contributed by atoms with Crippen LogP contribution in [-0.4, -0.2) is 34.9 Å². The number of carbonyl (C=O) groups excluding carboxylic acids is 1. The van der Waals surface area contributed by atoms with E-state index in [4.69, 9.17) is 0 Å². The molecule has 0 bridgehead atoms. The van der Waals surface area contributed by atoms with Crippen molar-refractivity contribution in [1.82, 2.24) is 15.2 Å². The fourth-order valence-corrected chi connectivity index (χ4v) is 5.15. The van der Waals surface area contributed by atoms with E-state index in [9.17, 15) is 4.79 Å². The van der Waals surface area contributed by atoms with Gasteiger partial charge in [-0.3, -0.25) is 14.7 Å². The first-order valence-corrected chi connectivity index (χ1v) is 12.0. The Kier molecular flexibility index (Phi) is 6.83. The molecule has 4 rings (SSSR count). The van der Waals surface area contributed by atoms with Crippen LogP contribution < -0.4 is 5.32 Å². The molecule has 0 unspecified atom stereocenters. The molecular weight excluding hydrogens is 402 g/mol. The van der Waals surface area contributed by atoms with Crippen molar-refractivity contribution >= 4 is 17.2 Å². The molecule has 1 amide bonds. The molecule has 1 aromatic carbocycles. The summed E-state index contributed by atoms with van der Waals surface area (Å²) in [5.41, 5.74) is 3.20. The van der Waals surface area contributed by atoms with E-state index in [2.05, 4.69) is 63.0 Å². The molecule has 0 spiro atoms. The highest BCUT2D eigenvalue weighted by molar-refractivity contribution is 7.13. The van der Waals surface area contributed by atoms with Crippen molar-refractivity contribution in [3.63, 3.8) is 0 Å². The second kappa shape index (κ2) is 9.75. The number of likely N-dealkylation sites (tertiary alicyclic amines) is 1. The standard InChI is InChI=1S/C26H31N3OS/c1-20(2)28-25(30)26(11-14-29(15-12-26)19-23-9-3-4-13-27-23)18-21-7-5-8-22(17-21)24-10-6-16-31-24/h3-10,13,16-17,20H,11-12,14-15,18-19H2,1-2H3,(H,28,30). The maximum atomic E-state index is 13.4. The molecule has 2 aromatic heterocycles. The van der Waals surface area contributed by atoms with E-state index in [1.54, 1.807) is 11.3 Å². The van der Waals surface area contributed by atoms with E-state index in [0.717, 1.165) is 44.6 Å². The third-order valence-electron chi connectivity index (χ3n) is 6.10. The van der Waals surface area contributed by atoms with Crippen molar-refractivity contribution in [2.75, 3.05) is 13.1 Å². The molecule has 1 aliphatic heterocycles. The van der Waals surface area contributed by atoms with Gasteiger partial charge < -0.3 is 5.32 Å². The molecule has 31 heavy (non-hydrogen) atoms. The molecule has 1 N–H and O–H groups in total. The fraction of sp³-hybridized carbons (Fsp3) is 0.385. The van der Waals surface area contributed by atoms with Crippen LogP contribution in [0.25, 0.3) is 10.4 Å². The Hall–Kier alpha value is -2.50. The van der Waals surface area contributed by atoms with Gasteiger partial charge in [0.05, 0.1) is 11.1 Å². The number of thiophene rings is 1. The highest BCUT2D eigenvalue weighted by atomic mass is 32.1. The predicted molar refractivity (Wildman–Crippen MR) is 128 cm³/mol. The molecule has 0 aliphatic carbocycles. The lowest BCUT2D eigenvalue weighted by Crippen LogP contribution is -2.51. The predicted octanol–water partition coefficient (Wildman–Crippen LogP) is 5.16. The van der Waals surface area contributed by atoms with Crippen LogP contribution in [0.5, 0.6) is 0 Å². The van der Waals surface area contributed by atoms with Crippen LogP contribution in [0.4, 0.5) is 0 Å². The number of hydrogen-bond acceptors (Lipinski definition) is 4. The highest BCUT2D eigenvalue weighted by Crippen LogP contribution is 2.37. The normalized spacial score (nSPS) is 16.4. The number of piperidine rings is 1.